The van der Waals surface area contributed by atoms with Crippen LogP contribution in [-0.2, 0) is 13.5 Å². The Bertz CT molecular complexity index is 311. The molecule has 1 N–H and O–H groups in total. The third kappa shape index (κ3) is 3.93. The first kappa shape index (κ1) is 13.2. The van der Waals surface area contributed by atoms with E-state index in [1.807, 2.05) is 13.2 Å². The average Bonchev–Trinajstić information content (AvgIpc) is 2.57. The summed E-state index contributed by atoms with van der Waals surface area (Å²) in [5.74, 6) is 0.587. The highest BCUT2D eigenvalue weighted by Gasteiger charge is 2.25. The Morgan fingerprint density at radius 3 is 2.56 bits per heavy atom. The Balaban J connectivity index is 2.63. The molecule has 1 aromatic rings. The van der Waals surface area contributed by atoms with E-state index in [4.69, 9.17) is 0 Å². The molecule has 0 fully saturated rings. The minimum Gasteiger partial charge on any atom is -0.317 e. The van der Waals surface area contributed by atoms with Crippen molar-refractivity contribution in [2.24, 2.45) is 18.4 Å². The number of hydrogen-bond donors (Lipinski definition) is 1. The standard InChI is InChI=1S/C12H24N4/c1-6-13-8-10(12(2,3)4)7-11-9-16(5)15-14-11/h9-10,13H,6-8H2,1-5H3. The second-order valence-electron chi connectivity index (χ2n) is 5.46. The van der Waals surface area contributed by atoms with E-state index in [1.54, 1.807) is 4.68 Å². The predicted octanol–water partition coefficient (Wildman–Crippen LogP) is 1.63. The van der Waals surface area contributed by atoms with Crippen LogP contribution in [0.5, 0.6) is 0 Å². The summed E-state index contributed by atoms with van der Waals surface area (Å²) in [6.45, 7) is 11.0. The summed E-state index contributed by atoms with van der Waals surface area (Å²) in [7, 11) is 1.91. The number of hydrogen-bond acceptors (Lipinski definition) is 3. The first-order valence-electron chi connectivity index (χ1n) is 5.99. The fourth-order valence-corrected chi connectivity index (χ4v) is 1.74. The predicted molar refractivity (Wildman–Crippen MR) is 66.2 cm³/mol. The van der Waals surface area contributed by atoms with Crippen LogP contribution in [0, 0.1) is 11.3 Å². The van der Waals surface area contributed by atoms with E-state index in [0.717, 1.165) is 25.2 Å². The molecule has 1 atom stereocenters. The van der Waals surface area contributed by atoms with Gasteiger partial charge in [0.05, 0.1) is 5.69 Å². The van der Waals surface area contributed by atoms with E-state index in [0.29, 0.717) is 11.3 Å². The molecular formula is C12H24N4. The Morgan fingerprint density at radius 2 is 2.12 bits per heavy atom. The van der Waals surface area contributed by atoms with E-state index < -0.39 is 0 Å². The molecule has 16 heavy (non-hydrogen) atoms. The molecule has 1 rings (SSSR count). The average molecular weight is 224 g/mol. The van der Waals surface area contributed by atoms with Gasteiger partial charge in [-0.05, 0) is 30.8 Å². The van der Waals surface area contributed by atoms with Crippen LogP contribution in [-0.4, -0.2) is 28.1 Å². The second kappa shape index (κ2) is 5.43. The molecule has 0 saturated heterocycles. The SMILES string of the molecule is CCNCC(Cc1cn(C)nn1)C(C)(C)C. The van der Waals surface area contributed by atoms with Crippen LogP contribution in [0.2, 0.25) is 0 Å². The van der Waals surface area contributed by atoms with Gasteiger partial charge in [-0.1, -0.05) is 32.9 Å². The van der Waals surface area contributed by atoms with Crippen molar-refractivity contribution in [1.82, 2.24) is 20.3 Å². The van der Waals surface area contributed by atoms with Gasteiger partial charge < -0.3 is 5.32 Å². The van der Waals surface area contributed by atoms with Gasteiger partial charge in [0, 0.05) is 13.2 Å². The zero-order chi connectivity index (χ0) is 12.2. The summed E-state index contributed by atoms with van der Waals surface area (Å²) in [4.78, 5) is 0. The third-order valence-corrected chi connectivity index (χ3v) is 2.97. The van der Waals surface area contributed by atoms with Gasteiger partial charge in [0.25, 0.3) is 0 Å². The highest BCUT2D eigenvalue weighted by atomic mass is 15.4. The molecule has 0 aliphatic carbocycles. The fourth-order valence-electron chi connectivity index (χ4n) is 1.74. The topological polar surface area (TPSA) is 42.7 Å². The lowest BCUT2D eigenvalue weighted by Crippen LogP contribution is -2.33. The molecule has 0 spiro atoms. The smallest absolute Gasteiger partial charge is 0.0830 e. The van der Waals surface area contributed by atoms with E-state index in [1.165, 1.54) is 0 Å². The minimum atomic E-state index is 0.291. The van der Waals surface area contributed by atoms with Gasteiger partial charge in [-0.2, -0.15) is 0 Å². The van der Waals surface area contributed by atoms with Crippen molar-refractivity contribution in [2.75, 3.05) is 13.1 Å². The first-order chi connectivity index (χ1) is 7.43. The van der Waals surface area contributed by atoms with Gasteiger partial charge in [-0.15, -0.1) is 5.10 Å². The molecule has 0 amide bonds. The molecule has 1 aromatic heterocycles. The summed E-state index contributed by atoms with van der Waals surface area (Å²) in [6.07, 6.45) is 3.00. The van der Waals surface area contributed by atoms with Gasteiger partial charge in [0.15, 0.2) is 0 Å². The van der Waals surface area contributed by atoms with Crippen LogP contribution in [0.1, 0.15) is 33.4 Å². The van der Waals surface area contributed by atoms with E-state index in [9.17, 15) is 0 Å². The summed E-state index contributed by atoms with van der Waals surface area (Å²) in [5, 5.41) is 11.6. The van der Waals surface area contributed by atoms with E-state index >= 15 is 0 Å². The number of nitrogens with one attached hydrogen (secondary N) is 1. The molecule has 0 radical (unpaired) electrons. The maximum Gasteiger partial charge on any atom is 0.0830 e. The van der Waals surface area contributed by atoms with Crippen molar-refractivity contribution in [2.45, 2.75) is 34.1 Å². The van der Waals surface area contributed by atoms with Crippen LogP contribution in [0.25, 0.3) is 0 Å². The van der Waals surface area contributed by atoms with Gasteiger partial charge in [0.1, 0.15) is 0 Å². The van der Waals surface area contributed by atoms with Crippen molar-refractivity contribution >= 4 is 0 Å². The molecule has 4 nitrogen and oxygen atoms in total. The van der Waals surface area contributed by atoms with Crippen molar-refractivity contribution < 1.29 is 0 Å². The first-order valence-corrected chi connectivity index (χ1v) is 5.99. The molecule has 0 aliphatic heterocycles. The number of aromatic nitrogens is 3. The highest BCUT2D eigenvalue weighted by molar-refractivity contribution is 4.96. The van der Waals surface area contributed by atoms with E-state index in [2.05, 4.69) is 43.3 Å². The number of rotatable bonds is 5. The van der Waals surface area contributed by atoms with Gasteiger partial charge in [-0.25, -0.2) is 0 Å². The zero-order valence-electron chi connectivity index (χ0n) is 11.1. The normalized spacial score (nSPS) is 14.1. The molecule has 0 bridgehead atoms. The Morgan fingerprint density at radius 1 is 1.44 bits per heavy atom. The maximum atomic E-state index is 4.16. The fraction of sp³-hybridized carbons (Fsp3) is 0.833. The van der Waals surface area contributed by atoms with Crippen molar-refractivity contribution in [3.8, 4) is 0 Å². The highest BCUT2D eigenvalue weighted by Crippen LogP contribution is 2.27. The minimum absolute atomic E-state index is 0.291. The van der Waals surface area contributed by atoms with Crippen LogP contribution < -0.4 is 5.32 Å². The summed E-state index contributed by atoms with van der Waals surface area (Å²) >= 11 is 0. The Labute approximate surface area is 98.4 Å². The molecule has 0 saturated carbocycles. The Hall–Kier alpha value is -0.900. The Kier molecular flexibility index (Phi) is 4.47. The lowest BCUT2D eigenvalue weighted by Gasteiger charge is -2.30. The van der Waals surface area contributed by atoms with E-state index in [-0.39, 0.29) is 0 Å². The van der Waals surface area contributed by atoms with Crippen LogP contribution in [0.15, 0.2) is 6.20 Å². The third-order valence-electron chi connectivity index (χ3n) is 2.97. The lowest BCUT2D eigenvalue weighted by atomic mass is 9.78. The molecular weight excluding hydrogens is 200 g/mol. The molecule has 0 aliphatic rings. The van der Waals surface area contributed by atoms with Crippen molar-refractivity contribution in [1.29, 1.82) is 0 Å². The molecule has 0 aromatic carbocycles. The molecule has 1 heterocycles. The number of aryl methyl sites for hydroxylation is 1. The molecule has 4 heteroatoms. The summed E-state index contributed by atoms with van der Waals surface area (Å²) < 4.78 is 1.77. The largest absolute Gasteiger partial charge is 0.317 e. The quantitative estimate of drug-likeness (QED) is 0.826. The van der Waals surface area contributed by atoms with Crippen LogP contribution in [0.4, 0.5) is 0 Å². The van der Waals surface area contributed by atoms with Crippen LogP contribution in [0.3, 0.4) is 0 Å². The monoisotopic (exact) mass is 224 g/mol. The number of nitrogens with zero attached hydrogens (tertiary/aromatic N) is 3. The van der Waals surface area contributed by atoms with Gasteiger partial charge in [0.2, 0.25) is 0 Å². The van der Waals surface area contributed by atoms with Crippen molar-refractivity contribution in [3.63, 3.8) is 0 Å². The maximum absolute atomic E-state index is 4.16. The zero-order valence-corrected chi connectivity index (χ0v) is 11.1. The summed E-state index contributed by atoms with van der Waals surface area (Å²) in [6, 6.07) is 0. The second-order valence-corrected chi connectivity index (χ2v) is 5.46. The van der Waals surface area contributed by atoms with Gasteiger partial charge >= 0.3 is 0 Å². The van der Waals surface area contributed by atoms with Crippen molar-refractivity contribution in [3.05, 3.63) is 11.9 Å². The molecule has 1 unspecified atom stereocenters. The lowest BCUT2D eigenvalue weighted by molar-refractivity contribution is 0.230. The molecule has 92 valence electrons. The van der Waals surface area contributed by atoms with Gasteiger partial charge in [-0.3, -0.25) is 4.68 Å². The van der Waals surface area contributed by atoms with Crippen LogP contribution >= 0.6 is 0 Å². The summed E-state index contributed by atoms with van der Waals surface area (Å²) in [5.41, 5.74) is 1.37.